The first-order chi connectivity index (χ1) is 9.11. The van der Waals surface area contributed by atoms with Crippen molar-refractivity contribution in [1.82, 2.24) is 4.90 Å². The molecular formula is C14H19BrN2O2. The van der Waals surface area contributed by atoms with Crippen LogP contribution in [-0.4, -0.2) is 36.5 Å². The summed E-state index contributed by atoms with van der Waals surface area (Å²) in [6.07, 6.45) is 0.513. The predicted octanol–water partition coefficient (Wildman–Crippen LogP) is 2.02. The van der Waals surface area contributed by atoms with Crippen LogP contribution in [0.5, 0.6) is 5.75 Å². The molecular weight excluding hydrogens is 308 g/mol. The maximum Gasteiger partial charge on any atom is 0.263 e. The zero-order valence-corrected chi connectivity index (χ0v) is 12.6. The number of para-hydroxylation sites is 1. The van der Waals surface area contributed by atoms with Gasteiger partial charge in [-0.1, -0.05) is 12.1 Å². The quantitative estimate of drug-likeness (QED) is 0.921. The molecule has 104 valence electrons. The van der Waals surface area contributed by atoms with Crippen LogP contribution in [0.3, 0.4) is 0 Å². The summed E-state index contributed by atoms with van der Waals surface area (Å²) in [6, 6.07) is 7.54. The molecule has 2 unspecified atom stereocenters. The third-order valence-corrected chi connectivity index (χ3v) is 4.07. The Morgan fingerprint density at radius 2 is 2.32 bits per heavy atom. The van der Waals surface area contributed by atoms with Crippen molar-refractivity contribution in [2.24, 2.45) is 11.7 Å². The second-order valence-electron chi connectivity index (χ2n) is 4.87. The molecule has 1 aromatic carbocycles. The Morgan fingerprint density at radius 3 is 2.95 bits per heavy atom. The average molecular weight is 327 g/mol. The van der Waals surface area contributed by atoms with Crippen LogP contribution in [0.1, 0.15) is 13.3 Å². The minimum absolute atomic E-state index is 0.0340. The number of nitrogens with two attached hydrogens (primary N) is 1. The number of amides is 1. The van der Waals surface area contributed by atoms with E-state index < -0.39 is 6.10 Å². The van der Waals surface area contributed by atoms with E-state index in [0.717, 1.165) is 24.0 Å². The molecule has 0 bridgehead atoms. The van der Waals surface area contributed by atoms with Crippen LogP contribution in [0.4, 0.5) is 0 Å². The molecule has 1 aliphatic heterocycles. The van der Waals surface area contributed by atoms with Crippen LogP contribution in [0.2, 0.25) is 0 Å². The van der Waals surface area contributed by atoms with Gasteiger partial charge in [0.1, 0.15) is 5.75 Å². The molecule has 0 aliphatic carbocycles. The maximum absolute atomic E-state index is 12.3. The zero-order valence-electron chi connectivity index (χ0n) is 11.0. The van der Waals surface area contributed by atoms with E-state index in [-0.39, 0.29) is 5.91 Å². The van der Waals surface area contributed by atoms with E-state index in [1.807, 2.05) is 29.2 Å². The summed E-state index contributed by atoms with van der Waals surface area (Å²) >= 11 is 3.41. The van der Waals surface area contributed by atoms with Gasteiger partial charge in [-0.2, -0.15) is 0 Å². The van der Waals surface area contributed by atoms with Gasteiger partial charge in [-0.25, -0.2) is 0 Å². The van der Waals surface area contributed by atoms with Gasteiger partial charge in [-0.05, 0) is 53.9 Å². The number of ether oxygens (including phenoxy) is 1. The van der Waals surface area contributed by atoms with E-state index in [1.165, 1.54) is 0 Å². The monoisotopic (exact) mass is 326 g/mol. The molecule has 1 amide bonds. The van der Waals surface area contributed by atoms with Crippen LogP contribution in [0.25, 0.3) is 0 Å². The molecule has 1 aliphatic rings. The van der Waals surface area contributed by atoms with E-state index in [9.17, 15) is 4.79 Å². The van der Waals surface area contributed by atoms with E-state index in [2.05, 4.69) is 15.9 Å². The minimum atomic E-state index is -0.477. The first-order valence-corrected chi connectivity index (χ1v) is 7.31. The van der Waals surface area contributed by atoms with Crippen LogP contribution in [-0.2, 0) is 4.79 Å². The van der Waals surface area contributed by atoms with Crippen molar-refractivity contribution in [2.45, 2.75) is 19.4 Å². The Labute approximate surface area is 122 Å². The fourth-order valence-corrected chi connectivity index (χ4v) is 2.64. The highest BCUT2D eigenvalue weighted by Crippen LogP contribution is 2.25. The highest BCUT2D eigenvalue weighted by Gasteiger charge is 2.29. The van der Waals surface area contributed by atoms with Gasteiger partial charge in [0.15, 0.2) is 6.10 Å². The van der Waals surface area contributed by atoms with Gasteiger partial charge < -0.3 is 15.4 Å². The molecule has 1 fully saturated rings. The smallest absolute Gasteiger partial charge is 0.263 e. The van der Waals surface area contributed by atoms with Gasteiger partial charge in [-0.15, -0.1) is 0 Å². The van der Waals surface area contributed by atoms with Crippen molar-refractivity contribution in [3.05, 3.63) is 28.7 Å². The molecule has 0 aromatic heterocycles. The number of hydrogen-bond donors (Lipinski definition) is 1. The Morgan fingerprint density at radius 1 is 1.58 bits per heavy atom. The first kappa shape index (κ1) is 14.3. The summed E-state index contributed by atoms with van der Waals surface area (Å²) in [7, 11) is 0. The van der Waals surface area contributed by atoms with Crippen molar-refractivity contribution in [3.63, 3.8) is 0 Å². The third-order valence-electron chi connectivity index (χ3n) is 3.42. The number of likely N-dealkylation sites (tertiary alicyclic amines) is 1. The summed E-state index contributed by atoms with van der Waals surface area (Å²) in [5.74, 6) is 1.16. The van der Waals surface area contributed by atoms with Gasteiger partial charge in [0.2, 0.25) is 0 Å². The maximum atomic E-state index is 12.3. The lowest BCUT2D eigenvalue weighted by molar-refractivity contribution is -0.137. The highest BCUT2D eigenvalue weighted by atomic mass is 79.9. The Kier molecular flexibility index (Phi) is 4.82. The molecule has 4 nitrogen and oxygen atoms in total. The van der Waals surface area contributed by atoms with Gasteiger partial charge in [0.05, 0.1) is 4.47 Å². The van der Waals surface area contributed by atoms with Crippen molar-refractivity contribution in [3.8, 4) is 5.75 Å². The lowest BCUT2D eigenvalue weighted by atomic mass is 10.1. The van der Waals surface area contributed by atoms with Crippen LogP contribution in [0.15, 0.2) is 28.7 Å². The van der Waals surface area contributed by atoms with Crippen molar-refractivity contribution in [2.75, 3.05) is 19.6 Å². The molecule has 1 saturated heterocycles. The highest BCUT2D eigenvalue weighted by molar-refractivity contribution is 9.10. The lowest BCUT2D eigenvalue weighted by Gasteiger charge is -2.22. The summed E-state index contributed by atoms with van der Waals surface area (Å²) in [6.45, 7) is 3.96. The standard InChI is InChI=1S/C14H19BrN2O2/c1-10(19-13-5-3-2-4-12(13)15)14(18)17-7-6-11(8-16)9-17/h2-5,10-11H,6-9,16H2,1H3. The molecule has 1 aromatic rings. The number of carbonyl (C=O) groups excluding carboxylic acids is 1. The topological polar surface area (TPSA) is 55.6 Å². The predicted molar refractivity (Wildman–Crippen MR) is 78.0 cm³/mol. The van der Waals surface area contributed by atoms with Crippen molar-refractivity contribution < 1.29 is 9.53 Å². The molecule has 0 radical (unpaired) electrons. The number of nitrogens with zero attached hydrogens (tertiary/aromatic N) is 1. The Hall–Kier alpha value is -1.07. The Balaban J connectivity index is 1.95. The third kappa shape index (κ3) is 3.48. The second-order valence-corrected chi connectivity index (χ2v) is 5.72. The van der Waals surface area contributed by atoms with Crippen molar-refractivity contribution in [1.29, 1.82) is 0 Å². The van der Waals surface area contributed by atoms with Gasteiger partial charge in [0.25, 0.3) is 5.91 Å². The number of rotatable bonds is 4. The van der Waals surface area contributed by atoms with Gasteiger partial charge in [0, 0.05) is 13.1 Å². The molecule has 0 saturated carbocycles. The molecule has 1 heterocycles. The normalized spacial score (nSPS) is 20.4. The molecule has 2 N–H and O–H groups in total. The van der Waals surface area contributed by atoms with E-state index in [1.54, 1.807) is 6.92 Å². The number of benzene rings is 1. The first-order valence-electron chi connectivity index (χ1n) is 6.52. The van der Waals surface area contributed by atoms with Gasteiger partial charge >= 0.3 is 0 Å². The largest absolute Gasteiger partial charge is 0.480 e. The van der Waals surface area contributed by atoms with Crippen LogP contribution < -0.4 is 10.5 Å². The number of hydrogen-bond acceptors (Lipinski definition) is 3. The SMILES string of the molecule is CC(Oc1ccccc1Br)C(=O)N1CCC(CN)C1. The van der Waals surface area contributed by atoms with Crippen LogP contribution in [0, 0.1) is 5.92 Å². The number of halogens is 1. The fraction of sp³-hybridized carbons (Fsp3) is 0.500. The molecule has 2 rings (SSSR count). The Bertz CT molecular complexity index is 453. The summed E-state index contributed by atoms with van der Waals surface area (Å²) in [5, 5.41) is 0. The summed E-state index contributed by atoms with van der Waals surface area (Å²) in [5.41, 5.74) is 5.64. The average Bonchev–Trinajstić information content (AvgIpc) is 2.89. The van der Waals surface area contributed by atoms with Gasteiger partial charge in [-0.3, -0.25) is 4.79 Å². The zero-order chi connectivity index (χ0) is 13.8. The molecule has 19 heavy (non-hydrogen) atoms. The minimum Gasteiger partial charge on any atom is -0.480 e. The van der Waals surface area contributed by atoms with Crippen LogP contribution >= 0.6 is 15.9 Å². The fourth-order valence-electron chi connectivity index (χ4n) is 2.26. The van der Waals surface area contributed by atoms with Crippen molar-refractivity contribution >= 4 is 21.8 Å². The molecule has 0 spiro atoms. The summed E-state index contributed by atoms with van der Waals surface area (Å²) in [4.78, 5) is 14.1. The second kappa shape index (κ2) is 6.39. The number of carbonyl (C=O) groups is 1. The van der Waals surface area contributed by atoms with E-state index in [0.29, 0.717) is 18.2 Å². The van der Waals surface area contributed by atoms with E-state index in [4.69, 9.17) is 10.5 Å². The van der Waals surface area contributed by atoms with E-state index >= 15 is 0 Å². The lowest BCUT2D eigenvalue weighted by Crippen LogP contribution is -2.39. The molecule has 5 heteroatoms. The summed E-state index contributed by atoms with van der Waals surface area (Å²) < 4.78 is 6.58. The molecule has 2 atom stereocenters.